The third-order valence-corrected chi connectivity index (χ3v) is 4.94. The first kappa shape index (κ1) is 13.2. The molecule has 3 rings (SSSR count). The van der Waals surface area contributed by atoms with E-state index in [0.29, 0.717) is 23.3 Å². The Balaban J connectivity index is 1.70. The van der Waals surface area contributed by atoms with Crippen molar-refractivity contribution in [3.05, 3.63) is 43.8 Å². The molecule has 0 unspecified atom stereocenters. The summed E-state index contributed by atoms with van der Waals surface area (Å²) in [4.78, 5) is 13.3. The molecule has 2 aromatic heterocycles. The predicted molar refractivity (Wildman–Crippen MR) is 80.9 cm³/mol. The molecule has 0 saturated heterocycles. The normalized spacial score (nSPS) is 14.6. The number of rotatable bonds is 4. The lowest BCUT2D eigenvalue weighted by Crippen LogP contribution is -2.24. The maximum absolute atomic E-state index is 12.2. The number of nitrogens with zero attached hydrogens (tertiary/aromatic N) is 1. The Hall–Kier alpha value is -0.780. The van der Waals surface area contributed by atoms with E-state index in [-0.39, 0.29) is 5.91 Å². The predicted octanol–water partition coefficient (Wildman–Crippen LogP) is 4.23. The van der Waals surface area contributed by atoms with Gasteiger partial charge in [0.05, 0.1) is 11.6 Å². The summed E-state index contributed by atoms with van der Waals surface area (Å²) in [6.45, 7) is 0.544. The van der Waals surface area contributed by atoms with Crippen LogP contribution in [0, 0.1) is 0 Å². The number of nitrogens with one attached hydrogen (secondary N) is 1. The van der Waals surface area contributed by atoms with Gasteiger partial charge in [-0.3, -0.25) is 4.79 Å². The Labute approximate surface area is 128 Å². The van der Waals surface area contributed by atoms with Gasteiger partial charge in [-0.1, -0.05) is 11.6 Å². The van der Waals surface area contributed by atoms with Crippen molar-refractivity contribution in [2.75, 3.05) is 0 Å². The van der Waals surface area contributed by atoms with Crippen molar-refractivity contribution >= 4 is 44.8 Å². The van der Waals surface area contributed by atoms with Gasteiger partial charge in [0.2, 0.25) is 0 Å². The zero-order valence-corrected chi connectivity index (χ0v) is 13.2. The van der Waals surface area contributed by atoms with Crippen LogP contribution in [0.3, 0.4) is 0 Å². The molecule has 0 atom stereocenters. The first-order valence-corrected chi connectivity index (χ1v) is 8.07. The van der Waals surface area contributed by atoms with Gasteiger partial charge in [-0.15, -0.1) is 11.3 Å². The van der Waals surface area contributed by atoms with Crippen LogP contribution in [0.4, 0.5) is 0 Å². The Morgan fingerprint density at radius 2 is 2.32 bits per heavy atom. The van der Waals surface area contributed by atoms with E-state index in [1.807, 2.05) is 22.2 Å². The summed E-state index contributed by atoms with van der Waals surface area (Å²) in [7, 11) is 0. The number of halogens is 2. The molecule has 1 N–H and O–H groups in total. The van der Waals surface area contributed by atoms with Crippen molar-refractivity contribution in [3.8, 4) is 0 Å². The average molecular weight is 360 g/mol. The average Bonchev–Trinajstić information content (AvgIpc) is 3.03. The molecule has 2 aromatic rings. The summed E-state index contributed by atoms with van der Waals surface area (Å²) >= 11 is 11.0. The number of thiophene rings is 1. The summed E-state index contributed by atoms with van der Waals surface area (Å²) in [5.74, 6) is -0.0664. The molecule has 1 aliphatic rings. The monoisotopic (exact) mass is 358 g/mol. The van der Waals surface area contributed by atoms with Crippen molar-refractivity contribution in [3.63, 3.8) is 0 Å². The SMILES string of the molecule is O=C(NCc1cc(Br)cs1)c1cc(Cl)cn1C1CC1. The number of aromatic nitrogens is 1. The van der Waals surface area contributed by atoms with Gasteiger partial charge in [-0.25, -0.2) is 0 Å². The fourth-order valence-corrected chi connectivity index (χ4v) is 3.59. The summed E-state index contributed by atoms with van der Waals surface area (Å²) in [6, 6.07) is 4.20. The second-order valence-corrected chi connectivity index (χ2v) is 6.94. The van der Waals surface area contributed by atoms with Gasteiger partial charge < -0.3 is 9.88 Å². The number of carbonyl (C=O) groups excluding carboxylic acids is 1. The summed E-state index contributed by atoms with van der Waals surface area (Å²) < 4.78 is 3.04. The Bertz CT molecular complexity index is 618. The Kier molecular flexibility index (Phi) is 3.69. The quantitative estimate of drug-likeness (QED) is 0.871. The maximum atomic E-state index is 12.2. The van der Waals surface area contributed by atoms with E-state index in [9.17, 15) is 4.79 Å². The molecule has 0 aliphatic heterocycles. The van der Waals surface area contributed by atoms with Gasteiger partial charge in [0.25, 0.3) is 5.91 Å². The molecule has 1 amide bonds. The highest BCUT2D eigenvalue weighted by Crippen LogP contribution is 2.37. The van der Waals surface area contributed by atoms with Crippen molar-refractivity contribution < 1.29 is 4.79 Å². The topological polar surface area (TPSA) is 34.0 Å². The van der Waals surface area contributed by atoms with Gasteiger partial charge in [0.1, 0.15) is 5.69 Å². The molecule has 100 valence electrons. The molecule has 1 fully saturated rings. The van der Waals surface area contributed by atoms with Crippen LogP contribution in [0.5, 0.6) is 0 Å². The highest BCUT2D eigenvalue weighted by molar-refractivity contribution is 9.10. The van der Waals surface area contributed by atoms with E-state index < -0.39 is 0 Å². The van der Waals surface area contributed by atoms with E-state index in [1.165, 1.54) is 0 Å². The molecule has 3 nitrogen and oxygen atoms in total. The van der Waals surface area contributed by atoms with Crippen LogP contribution in [-0.4, -0.2) is 10.5 Å². The summed E-state index contributed by atoms with van der Waals surface area (Å²) in [5.41, 5.74) is 0.656. The number of carbonyl (C=O) groups is 1. The van der Waals surface area contributed by atoms with Crippen molar-refractivity contribution in [1.82, 2.24) is 9.88 Å². The summed E-state index contributed by atoms with van der Waals surface area (Å²) in [5, 5.41) is 5.56. The van der Waals surface area contributed by atoms with Crippen LogP contribution >= 0.6 is 38.9 Å². The van der Waals surface area contributed by atoms with Gasteiger partial charge in [-0.2, -0.15) is 0 Å². The number of hydrogen-bond donors (Lipinski definition) is 1. The lowest BCUT2D eigenvalue weighted by atomic mass is 10.3. The van der Waals surface area contributed by atoms with Crippen LogP contribution in [0.15, 0.2) is 28.2 Å². The molecule has 0 radical (unpaired) electrons. The van der Waals surface area contributed by atoms with Crippen LogP contribution < -0.4 is 5.32 Å². The van der Waals surface area contributed by atoms with Crippen LogP contribution in [-0.2, 0) is 6.54 Å². The molecule has 6 heteroatoms. The molecule has 1 saturated carbocycles. The molecule has 0 spiro atoms. The van der Waals surface area contributed by atoms with Crippen LogP contribution in [0.1, 0.15) is 34.2 Å². The third kappa shape index (κ3) is 3.04. The van der Waals surface area contributed by atoms with Crippen molar-refractivity contribution in [1.29, 1.82) is 0 Å². The van der Waals surface area contributed by atoms with Crippen molar-refractivity contribution in [2.45, 2.75) is 25.4 Å². The van der Waals surface area contributed by atoms with Gasteiger partial charge in [-0.05, 0) is 40.9 Å². The molecule has 1 aliphatic carbocycles. The fraction of sp³-hybridized carbons (Fsp3) is 0.308. The minimum atomic E-state index is -0.0664. The van der Waals surface area contributed by atoms with Crippen LogP contribution in [0.2, 0.25) is 5.02 Å². The molecule has 19 heavy (non-hydrogen) atoms. The largest absolute Gasteiger partial charge is 0.346 e. The highest BCUT2D eigenvalue weighted by Gasteiger charge is 2.27. The van der Waals surface area contributed by atoms with Crippen LogP contribution in [0.25, 0.3) is 0 Å². The minimum Gasteiger partial charge on any atom is -0.346 e. The second-order valence-electron chi connectivity index (χ2n) is 4.60. The van der Waals surface area contributed by atoms with E-state index in [1.54, 1.807) is 17.4 Å². The first-order chi connectivity index (χ1) is 9.13. The van der Waals surface area contributed by atoms with E-state index in [2.05, 4.69) is 21.2 Å². The van der Waals surface area contributed by atoms with E-state index in [4.69, 9.17) is 11.6 Å². The third-order valence-electron chi connectivity index (χ3n) is 3.03. The van der Waals surface area contributed by atoms with Gasteiger partial charge in [0.15, 0.2) is 0 Å². The smallest absolute Gasteiger partial charge is 0.268 e. The lowest BCUT2D eigenvalue weighted by Gasteiger charge is -2.07. The molecule has 2 heterocycles. The number of hydrogen-bond acceptors (Lipinski definition) is 2. The van der Waals surface area contributed by atoms with Crippen molar-refractivity contribution in [2.24, 2.45) is 0 Å². The summed E-state index contributed by atoms with van der Waals surface area (Å²) in [6.07, 6.45) is 4.10. The zero-order valence-electron chi connectivity index (χ0n) is 10.0. The molecular weight excluding hydrogens is 348 g/mol. The van der Waals surface area contributed by atoms with E-state index in [0.717, 1.165) is 22.2 Å². The fourth-order valence-electron chi connectivity index (χ4n) is 1.99. The first-order valence-electron chi connectivity index (χ1n) is 6.02. The highest BCUT2D eigenvalue weighted by atomic mass is 79.9. The molecule has 0 aromatic carbocycles. The zero-order chi connectivity index (χ0) is 13.4. The lowest BCUT2D eigenvalue weighted by molar-refractivity contribution is 0.0942. The molecular formula is C13H12BrClN2OS. The Morgan fingerprint density at radius 1 is 1.53 bits per heavy atom. The Morgan fingerprint density at radius 3 is 2.95 bits per heavy atom. The van der Waals surface area contributed by atoms with E-state index >= 15 is 0 Å². The van der Waals surface area contributed by atoms with Gasteiger partial charge >= 0.3 is 0 Å². The van der Waals surface area contributed by atoms with Gasteiger partial charge in [0, 0.05) is 27.0 Å². The molecule has 0 bridgehead atoms. The maximum Gasteiger partial charge on any atom is 0.268 e. The number of amides is 1. The second kappa shape index (κ2) is 5.31. The minimum absolute atomic E-state index is 0.0664. The standard InChI is InChI=1S/C13H12BrClN2OS/c14-8-3-11(19-7-8)5-16-13(18)12-4-9(15)6-17(12)10-1-2-10/h3-4,6-7,10H,1-2,5H2,(H,16,18).